The van der Waals surface area contributed by atoms with Crippen LogP contribution in [0.1, 0.15) is 30.5 Å². The van der Waals surface area contributed by atoms with Crippen molar-refractivity contribution in [2.45, 2.75) is 39.8 Å². The maximum atomic E-state index is 12.9. The Bertz CT molecular complexity index is 838. The summed E-state index contributed by atoms with van der Waals surface area (Å²) in [6, 6.07) is 13.1. The number of rotatable bonds is 8. The van der Waals surface area contributed by atoms with E-state index in [1.165, 1.54) is 5.56 Å². The molecule has 0 aromatic heterocycles. The first-order valence-corrected chi connectivity index (χ1v) is 10.1. The number of hydrogen-bond donors (Lipinski definition) is 1. The van der Waals surface area contributed by atoms with Crippen LogP contribution in [0, 0.1) is 6.92 Å². The van der Waals surface area contributed by atoms with Crippen molar-refractivity contribution in [2.75, 3.05) is 13.7 Å². The third-order valence-electron chi connectivity index (χ3n) is 4.60. The molecule has 2 amide bonds. The molecular formula is C22H27BrN2O3. The highest BCUT2D eigenvalue weighted by Crippen LogP contribution is 2.26. The number of benzene rings is 2. The lowest BCUT2D eigenvalue weighted by Gasteiger charge is -2.28. The fraction of sp³-hybridized carbons (Fsp3) is 0.364. The van der Waals surface area contributed by atoms with Crippen LogP contribution in [0.25, 0.3) is 0 Å². The summed E-state index contributed by atoms with van der Waals surface area (Å²) in [5.41, 5.74) is 3.26. The van der Waals surface area contributed by atoms with Crippen molar-refractivity contribution >= 4 is 27.7 Å². The Hall–Kier alpha value is -2.34. The van der Waals surface area contributed by atoms with Gasteiger partial charge in [-0.05, 0) is 59.5 Å². The highest BCUT2D eigenvalue weighted by Gasteiger charge is 2.26. The van der Waals surface area contributed by atoms with Crippen molar-refractivity contribution < 1.29 is 14.3 Å². The molecule has 2 aromatic rings. The molecule has 1 N–H and O–H groups in total. The molecule has 1 atom stereocenters. The minimum atomic E-state index is -0.604. The van der Waals surface area contributed by atoms with Crippen molar-refractivity contribution in [2.24, 2.45) is 0 Å². The van der Waals surface area contributed by atoms with Gasteiger partial charge in [0.05, 0.1) is 4.47 Å². The third-order valence-corrected chi connectivity index (χ3v) is 5.22. The SMILES string of the molecule is CCc1ccc(OCC(=O)N(Cc2cccc(C)c2)C(C)C(=O)NC)c(Br)c1. The Morgan fingerprint density at radius 1 is 1.18 bits per heavy atom. The van der Waals surface area contributed by atoms with Crippen molar-refractivity contribution in [1.82, 2.24) is 10.2 Å². The molecule has 0 saturated heterocycles. The smallest absolute Gasteiger partial charge is 0.261 e. The monoisotopic (exact) mass is 446 g/mol. The minimum absolute atomic E-state index is 0.142. The molecule has 1 unspecified atom stereocenters. The summed E-state index contributed by atoms with van der Waals surface area (Å²) in [5.74, 6) is 0.146. The molecule has 0 bridgehead atoms. The third kappa shape index (κ3) is 5.83. The number of aryl methyl sites for hydroxylation is 2. The molecule has 0 spiro atoms. The maximum Gasteiger partial charge on any atom is 0.261 e. The lowest BCUT2D eigenvalue weighted by molar-refractivity contribution is -0.142. The number of carbonyl (C=O) groups excluding carboxylic acids is 2. The number of halogens is 1. The van der Waals surface area contributed by atoms with Crippen molar-refractivity contribution in [3.8, 4) is 5.75 Å². The van der Waals surface area contributed by atoms with E-state index in [-0.39, 0.29) is 18.4 Å². The van der Waals surface area contributed by atoms with Gasteiger partial charge < -0.3 is 15.0 Å². The molecule has 0 heterocycles. The maximum absolute atomic E-state index is 12.9. The number of ether oxygens (including phenoxy) is 1. The highest BCUT2D eigenvalue weighted by molar-refractivity contribution is 9.10. The van der Waals surface area contributed by atoms with E-state index in [0.717, 1.165) is 22.0 Å². The number of nitrogens with one attached hydrogen (secondary N) is 1. The quantitative estimate of drug-likeness (QED) is 0.669. The fourth-order valence-electron chi connectivity index (χ4n) is 2.90. The predicted octanol–water partition coefficient (Wildman–Crippen LogP) is 3.86. The number of amides is 2. The van der Waals surface area contributed by atoms with Gasteiger partial charge in [0.15, 0.2) is 6.61 Å². The van der Waals surface area contributed by atoms with Crippen LogP contribution in [0.15, 0.2) is 46.9 Å². The van der Waals surface area contributed by atoms with Crippen LogP contribution in [0.2, 0.25) is 0 Å². The van der Waals surface area contributed by atoms with Gasteiger partial charge in [-0.25, -0.2) is 0 Å². The van der Waals surface area contributed by atoms with Crippen molar-refractivity contribution in [3.05, 3.63) is 63.6 Å². The molecule has 0 saturated carbocycles. The zero-order chi connectivity index (χ0) is 20.7. The number of likely N-dealkylation sites (N-methyl/N-ethyl adjacent to an activating group) is 1. The number of nitrogens with zero attached hydrogens (tertiary/aromatic N) is 1. The Morgan fingerprint density at radius 3 is 2.54 bits per heavy atom. The van der Waals surface area contributed by atoms with Crippen LogP contribution < -0.4 is 10.1 Å². The summed E-state index contributed by atoms with van der Waals surface area (Å²) < 4.78 is 6.54. The lowest BCUT2D eigenvalue weighted by atomic mass is 10.1. The second-order valence-electron chi connectivity index (χ2n) is 6.71. The van der Waals surface area contributed by atoms with Gasteiger partial charge in [0.2, 0.25) is 5.91 Å². The van der Waals surface area contributed by atoms with E-state index in [0.29, 0.717) is 12.3 Å². The van der Waals surface area contributed by atoms with Gasteiger partial charge in [0, 0.05) is 13.6 Å². The summed E-state index contributed by atoms with van der Waals surface area (Å²) in [4.78, 5) is 26.6. The van der Waals surface area contributed by atoms with E-state index >= 15 is 0 Å². The Labute approximate surface area is 175 Å². The van der Waals surface area contributed by atoms with Crippen molar-refractivity contribution in [1.29, 1.82) is 0 Å². The van der Waals surface area contributed by atoms with Crippen LogP contribution in [0.5, 0.6) is 5.75 Å². The van der Waals surface area contributed by atoms with Crippen molar-refractivity contribution in [3.63, 3.8) is 0 Å². The predicted molar refractivity (Wildman–Crippen MR) is 114 cm³/mol. The first-order valence-electron chi connectivity index (χ1n) is 9.33. The Kier molecular flexibility index (Phi) is 8.05. The minimum Gasteiger partial charge on any atom is -0.483 e. The van der Waals surface area contributed by atoms with Crippen LogP contribution >= 0.6 is 15.9 Å². The topological polar surface area (TPSA) is 58.6 Å². The van der Waals surface area contributed by atoms with Crippen LogP contribution in [0.4, 0.5) is 0 Å². The van der Waals surface area contributed by atoms with E-state index in [1.54, 1.807) is 18.9 Å². The lowest BCUT2D eigenvalue weighted by Crippen LogP contribution is -2.48. The molecule has 6 heteroatoms. The highest BCUT2D eigenvalue weighted by atomic mass is 79.9. The molecule has 0 aliphatic carbocycles. The largest absolute Gasteiger partial charge is 0.483 e. The summed E-state index contributed by atoms with van der Waals surface area (Å²) in [6.45, 7) is 6.00. The molecule has 0 fully saturated rings. The standard InChI is InChI=1S/C22H27BrN2O3/c1-5-17-9-10-20(19(23)12-17)28-14-21(26)25(16(3)22(27)24-4)13-18-8-6-7-15(2)11-18/h6-12,16H,5,13-14H2,1-4H3,(H,24,27). The van der Waals surface area contributed by atoms with Crippen LogP contribution in [0.3, 0.4) is 0 Å². The second-order valence-corrected chi connectivity index (χ2v) is 7.56. The van der Waals surface area contributed by atoms with E-state index in [2.05, 4.69) is 28.2 Å². The zero-order valence-electron chi connectivity index (χ0n) is 16.8. The van der Waals surface area contributed by atoms with E-state index < -0.39 is 6.04 Å². The molecular weight excluding hydrogens is 420 g/mol. The first-order chi connectivity index (χ1) is 13.3. The fourth-order valence-corrected chi connectivity index (χ4v) is 3.44. The molecule has 0 aliphatic heterocycles. The summed E-state index contributed by atoms with van der Waals surface area (Å²) in [6.07, 6.45) is 0.922. The van der Waals surface area contributed by atoms with Gasteiger partial charge >= 0.3 is 0 Å². The van der Waals surface area contributed by atoms with Gasteiger partial charge in [-0.3, -0.25) is 9.59 Å². The number of carbonyl (C=O) groups is 2. The molecule has 5 nitrogen and oxygen atoms in total. The zero-order valence-corrected chi connectivity index (χ0v) is 18.4. The molecule has 28 heavy (non-hydrogen) atoms. The van der Waals surface area contributed by atoms with E-state index in [1.807, 2.05) is 49.4 Å². The molecule has 0 radical (unpaired) electrons. The normalized spacial score (nSPS) is 11.6. The second kappa shape index (κ2) is 10.3. The molecule has 150 valence electrons. The number of hydrogen-bond acceptors (Lipinski definition) is 3. The average molecular weight is 447 g/mol. The van der Waals surface area contributed by atoms with Gasteiger partial charge in [-0.1, -0.05) is 42.8 Å². The molecule has 2 aromatic carbocycles. The van der Waals surface area contributed by atoms with Gasteiger partial charge in [-0.15, -0.1) is 0 Å². The van der Waals surface area contributed by atoms with Gasteiger partial charge in [-0.2, -0.15) is 0 Å². The van der Waals surface area contributed by atoms with Crippen LogP contribution in [-0.2, 0) is 22.6 Å². The average Bonchev–Trinajstić information content (AvgIpc) is 2.69. The summed E-state index contributed by atoms with van der Waals surface area (Å²) in [7, 11) is 1.57. The Morgan fingerprint density at radius 2 is 1.93 bits per heavy atom. The van der Waals surface area contributed by atoms with E-state index in [9.17, 15) is 9.59 Å². The summed E-state index contributed by atoms with van der Waals surface area (Å²) >= 11 is 3.49. The van der Waals surface area contributed by atoms with Gasteiger partial charge in [0.25, 0.3) is 5.91 Å². The molecule has 0 aliphatic rings. The van der Waals surface area contributed by atoms with E-state index in [4.69, 9.17) is 4.74 Å². The van der Waals surface area contributed by atoms with Crippen LogP contribution in [-0.4, -0.2) is 36.4 Å². The van der Waals surface area contributed by atoms with Gasteiger partial charge in [0.1, 0.15) is 11.8 Å². The summed E-state index contributed by atoms with van der Waals surface area (Å²) in [5, 5.41) is 2.61. The molecule has 2 rings (SSSR count). The first kappa shape index (κ1) is 22.0. The Balaban J connectivity index is 2.15.